The summed E-state index contributed by atoms with van der Waals surface area (Å²) < 4.78 is 5.21. The maximum Gasteiger partial charge on any atom is 0.129 e. The smallest absolute Gasteiger partial charge is 0.129 e. The molecule has 1 aromatic rings. The quantitative estimate of drug-likeness (QED) is 0.862. The number of aryl methyl sites for hydroxylation is 1. The molecule has 1 fully saturated rings. The molecule has 0 saturated carbocycles. The van der Waals surface area contributed by atoms with Crippen LogP contribution < -0.4 is 4.90 Å². The van der Waals surface area contributed by atoms with E-state index >= 15 is 0 Å². The summed E-state index contributed by atoms with van der Waals surface area (Å²) in [5, 5.41) is 9.29. The fourth-order valence-corrected chi connectivity index (χ4v) is 2.48. The fourth-order valence-electron chi connectivity index (χ4n) is 2.48. The van der Waals surface area contributed by atoms with Crippen molar-refractivity contribution in [2.24, 2.45) is 5.92 Å². The normalized spacial score (nSPS) is 19.5. The van der Waals surface area contributed by atoms with E-state index in [1.165, 1.54) is 0 Å². The highest BCUT2D eigenvalue weighted by Gasteiger charge is 2.23. The van der Waals surface area contributed by atoms with Crippen molar-refractivity contribution >= 4 is 5.82 Å². The van der Waals surface area contributed by atoms with E-state index in [-0.39, 0.29) is 6.61 Å². The van der Waals surface area contributed by atoms with E-state index in [0.29, 0.717) is 5.92 Å². The molecule has 1 atom stereocenters. The first-order valence-electron chi connectivity index (χ1n) is 6.61. The van der Waals surface area contributed by atoms with Crippen molar-refractivity contribution in [1.29, 1.82) is 0 Å². The largest absolute Gasteiger partial charge is 0.392 e. The molecule has 2 rings (SSSR count). The minimum atomic E-state index is 0.0812. The molecule has 0 aromatic carbocycles. The molecule has 1 unspecified atom stereocenters. The second-order valence-electron chi connectivity index (χ2n) is 4.89. The molecule has 1 saturated heterocycles. The van der Waals surface area contributed by atoms with Crippen LogP contribution in [0.3, 0.4) is 0 Å². The third-order valence-electron chi connectivity index (χ3n) is 3.48. The summed E-state index contributed by atoms with van der Waals surface area (Å²) in [7, 11) is 1.75. The molecule has 0 radical (unpaired) electrons. The number of hydrogen-bond donors (Lipinski definition) is 1. The second kappa shape index (κ2) is 6.16. The van der Waals surface area contributed by atoms with Crippen molar-refractivity contribution in [2.45, 2.75) is 26.4 Å². The first-order valence-corrected chi connectivity index (χ1v) is 6.61. The summed E-state index contributed by atoms with van der Waals surface area (Å²) in [4.78, 5) is 6.94. The summed E-state index contributed by atoms with van der Waals surface area (Å²) in [6.45, 7) is 5.01. The number of hydrogen-bond acceptors (Lipinski definition) is 4. The Morgan fingerprint density at radius 3 is 3.00 bits per heavy atom. The van der Waals surface area contributed by atoms with Crippen LogP contribution in [0.5, 0.6) is 0 Å². The number of ether oxygens (including phenoxy) is 1. The molecule has 4 nitrogen and oxygen atoms in total. The zero-order valence-electron chi connectivity index (χ0n) is 11.2. The minimum Gasteiger partial charge on any atom is -0.392 e. The van der Waals surface area contributed by atoms with Gasteiger partial charge in [-0.1, -0.05) is 6.92 Å². The Bertz CT molecular complexity index is 373. The summed E-state index contributed by atoms with van der Waals surface area (Å²) in [5.74, 6) is 1.59. The van der Waals surface area contributed by atoms with Crippen LogP contribution in [-0.2, 0) is 17.8 Å². The van der Waals surface area contributed by atoms with Gasteiger partial charge in [0.1, 0.15) is 5.82 Å². The number of anilines is 1. The van der Waals surface area contributed by atoms with Crippen LogP contribution in [0.15, 0.2) is 12.1 Å². The van der Waals surface area contributed by atoms with Crippen molar-refractivity contribution in [3.63, 3.8) is 0 Å². The predicted molar refractivity (Wildman–Crippen MR) is 71.7 cm³/mol. The zero-order chi connectivity index (χ0) is 13.0. The van der Waals surface area contributed by atoms with Crippen LogP contribution in [0, 0.1) is 5.92 Å². The number of aliphatic hydroxyl groups excluding tert-OH is 1. The van der Waals surface area contributed by atoms with Crippen LogP contribution in [0.1, 0.15) is 24.6 Å². The van der Waals surface area contributed by atoms with Crippen LogP contribution in [0.25, 0.3) is 0 Å². The van der Waals surface area contributed by atoms with Crippen LogP contribution >= 0.6 is 0 Å². The average molecular weight is 250 g/mol. The number of aromatic nitrogens is 1. The highest BCUT2D eigenvalue weighted by molar-refractivity contribution is 5.43. The lowest BCUT2D eigenvalue weighted by molar-refractivity contribution is 0.161. The molecule has 1 aliphatic rings. The topological polar surface area (TPSA) is 45.6 Å². The third kappa shape index (κ3) is 3.00. The van der Waals surface area contributed by atoms with Gasteiger partial charge in [-0.3, -0.25) is 0 Å². The minimum absolute atomic E-state index is 0.0812. The molecule has 1 aromatic heterocycles. The van der Waals surface area contributed by atoms with E-state index in [2.05, 4.69) is 16.8 Å². The molecular formula is C14H22N2O2. The molecule has 18 heavy (non-hydrogen) atoms. The summed E-state index contributed by atoms with van der Waals surface area (Å²) in [6, 6.07) is 3.97. The average Bonchev–Trinajstić information content (AvgIpc) is 2.87. The predicted octanol–water partition coefficient (Wildman–Crippen LogP) is 1.61. The molecule has 100 valence electrons. The fraction of sp³-hybridized carbons (Fsp3) is 0.643. The van der Waals surface area contributed by atoms with E-state index in [4.69, 9.17) is 4.74 Å². The van der Waals surface area contributed by atoms with E-state index < -0.39 is 0 Å². The molecule has 1 N–H and O–H groups in total. The standard InChI is InChI=1S/C14H22N2O2/c1-3-13-6-12(9-17)7-14(15-13)16-5-4-11(8-16)10-18-2/h6-7,11,17H,3-5,8-10H2,1-2H3. The highest BCUT2D eigenvalue weighted by atomic mass is 16.5. The van der Waals surface area contributed by atoms with Gasteiger partial charge >= 0.3 is 0 Å². The monoisotopic (exact) mass is 250 g/mol. The van der Waals surface area contributed by atoms with Gasteiger partial charge in [-0.05, 0) is 30.5 Å². The molecule has 0 aliphatic carbocycles. The van der Waals surface area contributed by atoms with Crippen molar-refractivity contribution in [1.82, 2.24) is 4.98 Å². The first kappa shape index (κ1) is 13.3. The lowest BCUT2D eigenvalue weighted by atomic mass is 10.1. The Kier molecular flexibility index (Phi) is 4.55. The summed E-state index contributed by atoms with van der Waals surface area (Å²) >= 11 is 0. The van der Waals surface area contributed by atoms with Crippen molar-refractivity contribution in [2.75, 3.05) is 31.7 Å². The van der Waals surface area contributed by atoms with Crippen molar-refractivity contribution in [3.8, 4) is 0 Å². The molecular weight excluding hydrogens is 228 g/mol. The van der Waals surface area contributed by atoms with E-state index in [0.717, 1.165) is 49.6 Å². The third-order valence-corrected chi connectivity index (χ3v) is 3.48. The van der Waals surface area contributed by atoms with E-state index in [9.17, 15) is 5.11 Å². The van der Waals surface area contributed by atoms with Gasteiger partial charge in [0, 0.05) is 31.8 Å². The van der Waals surface area contributed by atoms with E-state index in [1.54, 1.807) is 7.11 Å². The molecule has 1 aliphatic heterocycles. The van der Waals surface area contributed by atoms with Gasteiger partial charge in [0.15, 0.2) is 0 Å². The SMILES string of the molecule is CCc1cc(CO)cc(N2CCC(COC)C2)n1. The van der Waals surface area contributed by atoms with E-state index in [1.807, 2.05) is 12.1 Å². The molecule has 0 spiro atoms. The number of methoxy groups -OCH3 is 1. The Morgan fingerprint density at radius 2 is 2.33 bits per heavy atom. The van der Waals surface area contributed by atoms with Gasteiger partial charge in [0.25, 0.3) is 0 Å². The maximum absolute atomic E-state index is 9.29. The molecule has 2 heterocycles. The lowest BCUT2D eigenvalue weighted by Gasteiger charge is -2.19. The Labute approximate surface area is 109 Å². The van der Waals surface area contributed by atoms with Crippen LogP contribution in [-0.4, -0.2) is 36.9 Å². The van der Waals surface area contributed by atoms with Crippen LogP contribution in [0.2, 0.25) is 0 Å². The maximum atomic E-state index is 9.29. The first-order chi connectivity index (χ1) is 8.76. The Balaban J connectivity index is 2.13. The van der Waals surface area contributed by atoms with Crippen LogP contribution in [0.4, 0.5) is 5.82 Å². The number of pyridine rings is 1. The molecule has 0 amide bonds. The number of aliphatic hydroxyl groups is 1. The lowest BCUT2D eigenvalue weighted by Crippen LogP contribution is -2.22. The van der Waals surface area contributed by atoms with Gasteiger partial charge < -0.3 is 14.7 Å². The second-order valence-corrected chi connectivity index (χ2v) is 4.89. The molecule has 4 heteroatoms. The van der Waals surface area contributed by atoms with Gasteiger partial charge in [0.05, 0.1) is 13.2 Å². The van der Waals surface area contributed by atoms with Gasteiger partial charge in [-0.25, -0.2) is 4.98 Å². The highest BCUT2D eigenvalue weighted by Crippen LogP contribution is 2.24. The Morgan fingerprint density at radius 1 is 1.50 bits per heavy atom. The van der Waals surface area contributed by atoms with Gasteiger partial charge in [0.2, 0.25) is 0 Å². The van der Waals surface area contributed by atoms with Crippen molar-refractivity contribution in [3.05, 3.63) is 23.4 Å². The Hall–Kier alpha value is -1.13. The van der Waals surface area contributed by atoms with Crippen molar-refractivity contribution < 1.29 is 9.84 Å². The number of nitrogens with zero attached hydrogens (tertiary/aromatic N) is 2. The summed E-state index contributed by atoms with van der Waals surface area (Å²) in [5.41, 5.74) is 2.00. The van der Waals surface area contributed by atoms with Gasteiger partial charge in [-0.2, -0.15) is 0 Å². The zero-order valence-corrected chi connectivity index (χ0v) is 11.2. The number of rotatable bonds is 5. The molecule has 0 bridgehead atoms. The van der Waals surface area contributed by atoms with Gasteiger partial charge in [-0.15, -0.1) is 0 Å². The summed E-state index contributed by atoms with van der Waals surface area (Å²) in [6.07, 6.45) is 2.05.